The molecule has 1 saturated heterocycles. The maximum absolute atomic E-state index is 13.6. The lowest BCUT2D eigenvalue weighted by Gasteiger charge is -2.44. The van der Waals surface area contributed by atoms with E-state index in [4.69, 9.17) is 28.0 Å². The van der Waals surface area contributed by atoms with Crippen LogP contribution in [0.15, 0.2) is 43.1 Å². The smallest absolute Gasteiger partial charge is 0.192 e. The molecule has 0 aliphatic carbocycles. The second-order valence-corrected chi connectivity index (χ2v) is 32.7. The van der Waals surface area contributed by atoms with Gasteiger partial charge in [-0.05, 0) is 78.7 Å². The van der Waals surface area contributed by atoms with Gasteiger partial charge in [-0.2, -0.15) is 4.68 Å². The van der Waals surface area contributed by atoms with Gasteiger partial charge in [-0.1, -0.05) is 67.5 Å². The van der Waals surface area contributed by atoms with Crippen LogP contribution in [-0.4, -0.2) is 84.4 Å². The van der Waals surface area contributed by atoms with Crippen LogP contribution in [0.2, 0.25) is 54.4 Å². The lowest BCUT2D eigenvalue weighted by molar-refractivity contribution is -0.0470. The summed E-state index contributed by atoms with van der Waals surface area (Å²) in [6.45, 7) is 34.3. The van der Waals surface area contributed by atoms with E-state index in [-0.39, 0.29) is 33.1 Å². The number of halogens is 1. The SMILES string of the molecule is CC(C)(C)[Si](C)(C)OC[C@H]1O[C@@H](n2cnc3c(-n4cc(-c5ccc(F)cc5)nn4)ncnc32)[C@H](O[Si](C)(C)C(C)(C)C)[C@@H]1O[Si](C)(C)C(C)(C)C. The number of ether oxygens (including phenoxy) is 1. The standard InChI is InChI=1S/C36H58FN7O4Si3/c1-34(2,3)49(10,11)45-21-27-29(47-50(12,13)35(4,5)6)30(48-51(14,15)36(7,8)9)33(46-27)43-23-40-28-31(43)38-22-39-32(28)44-20-26(41-42-44)24-16-18-25(37)19-17-24/h16-20,22-23,27,29-30,33H,21H2,1-15H3/t27-,29-,30-,33-/m1/s1. The Balaban J connectivity index is 1.60. The second-order valence-electron chi connectivity index (χ2n) is 18.4. The largest absolute Gasteiger partial charge is 0.414 e. The molecule has 280 valence electrons. The van der Waals surface area contributed by atoms with Crippen LogP contribution in [0.3, 0.4) is 0 Å². The summed E-state index contributed by atoms with van der Waals surface area (Å²) in [7, 11) is -6.80. The predicted molar refractivity (Wildman–Crippen MR) is 207 cm³/mol. The Labute approximate surface area is 306 Å². The fourth-order valence-electron chi connectivity index (χ4n) is 5.19. The number of hydrogen-bond donors (Lipinski definition) is 0. The van der Waals surface area contributed by atoms with E-state index in [1.54, 1.807) is 29.3 Å². The maximum atomic E-state index is 13.6. The summed E-state index contributed by atoms with van der Waals surface area (Å²) in [5.74, 6) is 0.149. The third-order valence-electron chi connectivity index (χ3n) is 11.6. The summed E-state index contributed by atoms with van der Waals surface area (Å²) in [4.78, 5) is 14.1. The zero-order valence-electron chi connectivity index (χ0n) is 33.2. The highest BCUT2D eigenvalue weighted by molar-refractivity contribution is 6.75. The first-order valence-electron chi connectivity index (χ1n) is 17.8. The molecule has 3 aromatic heterocycles. The summed E-state index contributed by atoms with van der Waals surface area (Å²) < 4.78 is 45.7. The van der Waals surface area contributed by atoms with E-state index >= 15 is 0 Å². The molecule has 1 fully saturated rings. The molecule has 51 heavy (non-hydrogen) atoms. The van der Waals surface area contributed by atoms with Crippen molar-refractivity contribution in [3.63, 3.8) is 0 Å². The van der Waals surface area contributed by atoms with Crippen molar-refractivity contribution in [1.82, 2.24) is 34.5 Å². The summed E-state index contributed by atoms with van der Waals surface area (Å²) in [6.07, 6.45) is 3.16. The fraction of sp³-hybridized carbons (Fsp3) is 0.639. The van der Waals surface area contributed by atoms with Crippen LogP contribution in [0.25, 0.3) is 28.2 Å². The van der Waals surface area contributed by atoms with Gasteiger partial charge in [0.2, 0.25) is 0 Å². The molecule has 0 unspecified atom stereocenters. The van der Waals surface area contributed by atoms with Crippen molar-refractivity contribution in [2.24, 2.45) is 0 Å². The summed E-state index contributed by atoms with van der Waals surface area (Å²) in [5.41, 5.74) is 2.43. The first kappa shape index (κ1) is 39.5. The third-order valence-corrected chi connectivity index (χ3v) is 25.1. The van der Waals surface area contributed by atoms with Gasteiger partial charge in [0.15, 0.2) is 48.2 Å². The Morgan fingerprint density at radius 2 is 1.33 bits per heavy atom. The minimum absolute atomic E-state index is 0.0314. The molecule has 4 heterocycles. The molecule has 0 spiro atoms. The summed E-state index contributed by atoms with van der Waals surface area (Å²) in [5, 5.41) is 8.60. The first-order chi connectivity index (χ1) is 23.3. The van der Waals surface area contributed by atoms with E-state index in [1.165, 1.54) is 18.5 Å². The quantitative estimate of drug-likeness (QED) is 0.147. The van der Waals surface area contributed by atoms with E-state index in [2.05, 4.69) is 117 Å². The molecule has 11 nitrogen and oxygen atoms in total. The van der Waals surface area contributed by atoms with Crippen molar-refractivity contribution in [3.8, 4) is 17.1 Å². The second kappa shape index (κ2) is 13.6. The summed E-state index contributed by atoms with van der Waals surface area (Å²) >= 11 is 0. The number of fused-ring (bicyclic) bond motifs is 1. The molecule has 4 atom stereocenters. The van der Waals surface area contributed by atoms with Gasteiger partial charge in [-0.25, -0.2) is 19.3 Å². The lowest BCUT2D eigenvalue weighted by atomic mass is 10.1. The molecule has 0 bridgehead atoms. The van der Waals surface area contributed by atoms with E-state index < -0.39 is 37.3 Å². The van der Waals surface area contributed by atoms with Crippen molar-refractivity contribution in [3.05, 3.63) is 48.9 Å². The van der Waals surface area contributed by atoms with E-state index in [9.17, 15) is 4.39 Å². The number of aromatic nitrogens is 7. The zero-order chi connectivity index (χ0) is 37.9. The van der Waals surface area contributed by atoms with Crippen LogP contribution >= 0.6 is 0 Å². The van der Waals surface area contributed by atoms with E-state index in [0.717, 1.165) is 5.56 Å². The van der Waals surface area contributed by atoms with Crippen LogP contribution in [0.1, 0.15) is 68.5 Å². The molecule has 4 aromatic rings. The van der Waals surface area contributed by atoms with Gasteiger partial charge in [0.25, 0.3) is 0 Å². The molecule has 0 radical (unpaired) electrons. The third kappa shape index (κ3) is 7.99. The van der Waals surface area contributed by atoms with Crippen molar-refractivity contribution in [2.45, 2.75) is 141 Å². The monoisotopic (exact) mass is 755 g/mol. The molecule has 1 aromatic carbocycles. The molecule has 0 saturated carbocycles. The van der Waals surface area contributed by atoms with Crippen LogP contribution in [0, 0.1) is 5.82 Å². The zero-order valence-corrected chi connectivity index (χ0v) is 36.2. The van der Waals surface area contributed by atoms with Gasteiger partial charge in [0, 0.05) is 5.56 Å². The Morgan fingerprint density at radius 3 is 1.90 bits per heavy atom. The number of benzene rings is 1. The molecule has 0 amide bonds. The Bertz CT molecular complexity index is 1830. The van der Waals surface area contributed by atoms with Gasteiger partial charge < -0.3 is 18.0 Å². The van der Waals surface area contributed by atoms with E-state index in [1.807, 2.05) is 4.57 Å². The van der Waals surface area contributed by atoms with Crippen molar-refractivity contribution in [2.75, 3.05) is 6.61 Å². The van der Waals surface area contributed by atoms with Crippen molar-refractivity contribution in [1.29, 1.82) is 0 Å². The minimum atomic E-state index is -2.36. The Hall–Kier alpha value is -2.67. The lowest BCUT2D eigenvalue weighted by Crippen LogP contribution is -2.54. The van der Waals surface area contributed by atoms with Gasteiger partial charge in [-0.15, -0.1) is 5.10 Å². The van der Waals surface area contributed by atoms with Crippen LogP contribution in [0.5, 0.6) is 0 Å². The molecule has 15 heteroatoms. The van der Waals surface area contributed by atoms with Gasteiger partial charge >= 0.3 is 0 Å². The molecule has 1 aliphatic heterocycles. The molecule has 0 N–H and O–H groups in total. The average Bonchev–Trinajstić information content (AvgIpc) is 3.73. The summed E-state index contributed by atoms with van der Waals surface area (Å²) in [6, 6.07) is 6.13. The van der Waals surface area contributed by atoms with Gasteiger partial charge in [0.05, 0.1) is 19.1 Å². The van der Waals surface area contributed by atoms with Crippen molar-refractivity contribution >= 4 is 36.1 Å². The number of hydrogen-bond acceptors (Lipinski definition) is 9. The average molecular weight is 756 g/mol. The topological polar surface area (TPSA) is 111 Å². The predicted octanol–water partition coefficient (Wildman–Crippen LogP) is 8.91. The highest BCUT2D eigenvalue weighted by Crippen LogP contribution is 2.47. The van der Waals surface area contributed by atoms with E-state index in [0.29, 0.717) is 29.3 Å². The van der Waals surface area contributed by atoms with Crippen LogP contribution in [-0.2, 0) is 18.0 Å². The van der Waals surface area contributed by atoms with Crippen molar-refractivity contribution < 1.29 is 22.4 Å². The van der Waals surface area contributed by atoms with Crippen LogP contribution in [0.4, 0.5) is 4.39 Å². The Morgan fingerprint density at radius 1 is 0.765 bits per heavy atom. The normalized spacial score (nSPS) is 21.2. The minimum Gasteiger partial charge on any atom is -0.414 e. The maximum Gasteiger partial charge on any atom is 0.192 e. The van der Waals surface area contributed by atoms with Gasteiger partial charge in [-0.3, -0.25) is 4.57 Å². The van der Waals surface area contributed by atoms with Gasteiger partial charge in [0.1, 0.15) is 36.2 Å². The molecule has 1 aliphatic rings. The first-order valence-corrected chi connectivity index (χ1v) is 26.6. The highest BCUT2D eigenvalue weighted by atomic mass is 28.4. The number of imidazole rings is 1. The van der Waals surface area contributed by atoms with Crippen LogP contribution < -0.4 is 0 Å². The molecule has 5 rings (SSSR count). The molecular formula is C36H58FN7O4Si3. The fourth-order valence-corrected chi connectivity index (χ4v) is 8.81. The number of nitrogens with zero attached hydrogens (tertiary/aromatic N) is 7. The molecular weight excluding hydrogens is 698 g/mol. The highest BCUT2D eigenvalue weighted by Gasteiger charge is 2.55. The Kier molecular flexibility index (Phi) is 10.6. The number of rotatable bonds is 10.